The van der Waals surface area contributed by atoms with Crippen molar-refractivity contribution in [1.82, 2.24) is 5.32 Å². The molecule has 0 radical (unpaired) electrons. The number of thioether (sulfide) groups is 1. The molecule has 0 bridgehead atoms. The van der Waals surface area contributed by atoms with Gasteiger partial charge in [-0.3, -0.25) is 14.4 Å². The van der Waals surface area contributed by atoms with Crippen LogP contribution in [0.3, 0.4) is 0 Å². The van der Waals surface area contributed by atoms with E-state index in [9.17, 15) is 19.6 Å². The Morgan fingerprint density at radius 3 is 2.81 bits per heavy atom. The number of ether oxygens (including phenoxy) is 1. The molecule has 3 rings (SSSR count). The summed E-state index contributed by atoms with van der Waals surface area (Å²) in [5.41, 5.74) is -0.114. The minimum atomic E-state index is -0.841. The molecule has 1 heterocycles. The summed E-state index contributed by atoms with van der Waals surface area (Å²) in [7, 11) is 0. The molecule has 136 valence electrons. The van der Waals surface area contributed by atoms with Crippen molar-refractivity contribution in [2.24, 2.45) is 0 Å². The zero-order valence-corrected chi connectivity index (χ0v) is 14.9. The standard InChI is InChI=1S/C18H19N3O4S/c19-11-18(7-3-4-8-18)21-15(22)10-25-16(23)9-14-17(24)20-12-5-1-2-6-13(12)26-14/h1-2,5-6,14H,3-4,7-10H2,(H,20,24)(H,21,22)/t14-/m0/s1. The van der Waals surface area contributed by atoms with Gasteiger partial charge in [0.1, 0.15) is 5.54 Å². The lowest BCUT2D eigenvalue weighted by molar-refractivity contribution is -0.149. The van der Waals surface area contributed by atoms with Crippen LogP contribution in [0.25, 0.3) is 0 Å². The molecule has 2 amide bonds. The maximum absolute atomic E-state index is 12.1. The van der Waals surface area contributed by atoms with Gasteiger partial charge in [0.05, 0.1) is 23.4 Å². The first-order valence-electron chi connectivity index (χ1n) is 8.46. The average Bonchev–Trinajstić information content (AvgIpc) is 3.09. The number of hydrogen-bond acceptors (Lipinski definition) is 6. The van der Waals surface area contributed by atoms with Crippen LogP contribution in [-0.2, 0) is 19.1 Å². The summed E-state index contributed by atoms with van der Waals surface area (Å²) in [6.45, 7) is -0.447. The molecule has 26 heavy (non-hydrogen) atoms. The van der Waals surface area contributed by atoms with Crippen LogP contribution in [0.15, 0.2) is 29.2 Å². The minimum Gasteiger partial charge on any atom is -0.456 e. The first-order chi connectivity index (χ1) is 12.5. The average molecular weight is 373 g/mol. The molecule has 0 spiro atoms. The number of amides is 2. The minimum absolute atomic E-state index is 0.124. The molecule has 2 N–H and O–H groups in total. The van der Waals surface area contributed by atoms with Gasteiger partial charge in [-0.15, -0.1) is 11.8 Å². The Morgan fingerprint density at radius 1 is 1.35 bits per heavy atom. The number of carbonyl (C=O) groups is 3. The molecule has 1 aromatic carbocycles. The maximum Gasteiger partial charge on any atom is 0.307 e. The van der Waals surface area contributed by atoms with Crippen LogP contribution in [0.5, 0.6) is 0 Å². The van der Waals surface area contributed by atoms with Gasteiger partial charge >= 0.3 is 5.97 Å². The van der Waals surface area contributed by atoms with Crippen LogP contribution in [-0.4, -0.2) is 35.2 Å². The van der Waals surface area contributed by atoms with Crippen molar-refractivity contribution < 1.29 is 19.1 Å². The van der Waals surface area contributed by atoms with E-state index in [4.69, 9.17) is 4.74 Å². The van der Waals surface area contributed by atoms with Gasteiger partial charge in [0.25, 0.3) is 5.91 Å². The molecular weight excluding hydrogens is 354 g/mol. The lowest BCUT2D eigenvalue weighted by Gasteiger charge is -2.23. The number of nitriles is 1. The monoisotopic (exact) mass is 373 g/mol. The number of fused-ring (bicyclic) bond motifs is 1. The largest absolute Gasteiger partial charge is 0.456 e. The highest BCUT2D eigenvalue weighted by Gasteiger charge is 2.35. The molecule has 1 atom stereocenters. The van der Waals surface area contributed by atoms with Gasteiger partial charge in [0, 0.05) is 4.90 Å². The Labute approximate surface area is 155 Å². The van der Waals surface area contributed by atoms with Gasteiger partial charge in [-0.05, 0) is 37.8 Å². The van der Waals surface area contributed by atoms with E-state index in [1.165, 1.54) is 11.8 Å². The molecule has 1 saturated carbocycles. The van der Waals surface area contributed by atoms with E-state index in [2.05, 4.69) is 16.7 Å². The number of esters is 1. The Morgan fingerprint density at radius 2 is 2.08 bits per heavy atom. The number of rotatable bonds is 5. The quantitative estimate of drug-likeness (QED) is 0.764. The second-order valence-corrected chi connectivity index (χ2v) is 7.65. The molecule has 1 fully saturated rings. The lowest BCUT2D eigenvalue weighted by atomic mass is 10.00. The smallest absolute Gasteiger partial charge is 0.307 e. The highest BCUT2D eigenvalue weighted by molar-refractivity contribution is 8.01. The summed E-state index contributed by atoms with van der Waals surface area (Å²) >= 11 is 1.30. The zero-order chi connectivity index (χ0) is 18.6. The molecule has 0 aromatic heterocycles. The third kappa shape index (κ3) is 4.17. The fraction of sp³-hybridized carbons (Fsp3) is 0.444. The number of anilines is 1. The number of para-hydroxylation sites is 1. The van der Waals surface area contributed by atoms with E-state index >= 15 is 0 Å². The van der Waals surface area contributed by atoms with E-state index in [-0.39, 0.29) is 12.3 Å². The van der Waals surface area contributed by atoms with Crippen molar-refractivity contribution in [3.05, 3.63) is 24.3 Å². The van der Waals surface area contributed by atoms with E-state index < -0.39 is 29.3 Å². The van der Waals surface area contributed by atoms with E-state index in [1.807, 2.05) is 18.2 Å². The third-order valence-electron chi connectivity index (χ3n) is 4.47. The van der Waals surface area contributed by atoms with Gasteiger partial charge in [-0.1, -0.05) is 12.1 Å². The highest BCUT2D eigenvalue weighted by atomic mass is 32.2. The van der Waals surface area contributed by atoms with Gasteiger partial charge in [-0.25, -0.2) is 0 Å². The number of nitrogens with zero attached hydrogens (tertiary/aromatic N) is 1. The first-order valence-corrected chi connectivity index (χ1v) is 9.34. The van der Waals surface area contributed by atoms with Crippen LogP contribution in [0, 0.1) is 11.3 Å². The van der Waals surface area contributed by atoms with E-state index in [0.29, 0.717) is 12.8 Å². The second-order valence-electron chi connectivity index (χ2n) is 6.41. The van der Waals surface area contributed by atoms with Crippen molar-refractivity contribution in [2.75, 3.05) is 11.9 Å². The number of hydrogen-bond donors (Lipinski definition) is 2. The van der Waals surface area contributed by atoms with Crippen LogP contribution in [0.1, 0.15) is 32.1 Å². The Hall–Kier alpha value is -2.53. The van der Waals surface area contributed by atoms with E-state index in [0.717, 1.165) is 23.4 Å². The predicted octanol–water partition coefficient (Wildman–Crippen LogP) is 1.99. The molecule has 8 heteroatoms. The molecule has 0 unspecified atom stereocenters. The van der Waals surface area contributed by atoms with Crippen LogP contribution in [0.2, 0.25) is 0 Å². The number of nitrogens with one attached hydrogen (secondary N) is 2. The summed E-state index contributed by atoms with van der Waals surface area (Å²) in [6, 6.07) is 9.50. The fourth-order valence-electron chi connectivity index (χ4n) is 3.13. The van der Waals surface area contributed by atoms with Crippen LogP contribution in [0.4, 0.5) is 5.69 Å². The SMILES string of the molecule is N#CC1(NC(=O)COC(=O)C[C@@H]2Sc3ccccc3NC2=O)CCCC1. The lowest BCUT2D eigenvalue weighted by Crippen LogP contribution is -2.46. The zero-order valence-electron chi connectivity index (χ0n) is 14.1. The second kappa shape index (κ2) is 7.79. The number of benzene rings is 1. The molecule has 0 saturated heterocycles. The summed E-state index contributed by atoms with van der Waals surface area (Å²) in [5, 5.41) is 14.1. The fourth-order valence-corrected chi connectivity index (χ4v) is 4.22. The highest BCUT2D eigenvalue weighted by Crippen LogP contribution is 2.36. The van der Waals surface area contributed by atoms with Crippen molar-refractivity contribution in [3.8, 4) is 6.07 Å². The molecule has 1 aromatic rings. The normalized spacial score (nSPS) is 20.4. The Balaban J connectivity index is 1.48. The van der Waals surface area contributed by atoms with Gasteiger partial charge < -0.3 is 15.4 Å². The van der Waals surface area contributed by atoms with E-state index in [1.54, 1.807) is 6.07 Å². The van der Waals surface area contributed by atoms with Crippen LogP contribution >= 0.6 is 11.8 Å². The Kier molecular flexibility index (Phi) is 5.47. The summed E-state index contributed by atoms with van der Waals surface area (Å²) in [4.78, 5) is 36.9. The van der Waals surface area contributed by atoms with Crippen LogP contribution < -0.4 is 10.6 Å². The third-order valence-corrected chi connectivity index (χ3v) is 5.75. The summed E-state index contributed by atoms with van der Waals surface area (Å²) < 4.78 is 4.99. The summed E-state index contributed by atoms with van der Waals surface area (Å²) in [6.07, 6.45) is 2.89. The maximum atomic E-state index is 12.1. The van der Waals surface area contributed by atoms with Gasteiger partial charge in [0.15, 0.2) is 6.61 Å². The van der Waals surface area contributed by atoms with Gasteiger partial charge in [0.2, 0.25) is 5.91 Å². The molecule has 1 aliphatic carbocycles. The van der Waals surface area contributed by atoms with Crippen molar-refractivity contribution in [2.45, 2.75) is 47.8 Å². The van der Waals surface area contributed by atoms with Gasteiger partial charge in [-0.2, -0.15) is 5.26 Å². The molecule has 7 nitrogen and oxygen atoms in total. The first kappa shape index (κ1) is 18.3. The van der Waals surface area contributed by atoms with Crippen molar-refractivity contribution >= 4 is 35.2 Å². The van der Waals surface area contributed by atoms with Crippen molar-refractivity contribution in [3.63, 3.8) is 0 Å². The Bertz CT molecular complexity index is 768. The predicted molar refractivity (Wildman–Crippen MR) is 95.2 cm³/mol. The molecular formula is C18H19N3O4S. The topological polar surface area (TPSA) is 108 Å². The summed E-state index contributed by atoms with van der Waals surface area (Å²) in [5.74, 6) is -1.37. The molecule has 2 aliphatic rings. The van der Waals surface area contributed by atoms with Crippen molar-refractivity contribution in [1.29, 1.82) is 5.26 Å². The molecule has 1 aliphatic heterocycles. The number of carbonyl (C=O) groups excluding carboxylic acids is 3.